The summed E-state index contributed by atoms with van der Waals surface area (Å²) in [6, 6.07) is 3.70. The largest absolute Gasteiger partial charge is 0.491 e. The van der Waals surface area contributed by atoms with Gasteiger partial charge in [0.15, 0.2) is 0 Å². The Morgan fingerprint density at radius 2 is 1.74 bits per heavy atom. The van der Waals surface area contributed by atoms with Crippen molar-refractivity contribution >= 4 is 23.6 Å². The minimum Gasteiger partial charge on any atom is -0.491 e. The van der Waals surface area contributed by atoms with Crippen molar-refractivity contribution in [2.75, 3.05) is 52.5 Å². The van der Waals surface area contributed by atoms with Crippen LogP contribution >= 0.6 is 0 Å². The Bertz CT molecular complexity index is 883. The van der Waals surface area contributed by atoms with Crippen LogP contribution in [-0.4, -0.2) is 92.0 Å². The van der Waals surface area contributed by atoms with E-state index in [4.69, 9.17) is 9.47 Å². The van der Waals surface area contributed by atoms with Crippen molar-refractivity contribution in [2.45, 2.75) is 18.9 Å². The molecule has 1 aromatic carbocycles. The molecule has 2 fully saturated rings. The van der Waals surface area contributed by atoms with Gasteiger partial charge in [-0.2, -0.15) is 0 Å². The van der Waals surface area contributed by atoms with E-state index in [9.17, 15) is 19.2 Å². The summed E-state index contributed by atoms with van der Waals surface area (Å²) in [5.41, 5.74) is 0.432. The lowest BCUT2D eigenvalue weighted by Gasteiger charge is -2.27. The number of rotatable bonds is 8. The Hall–Kier alpha value is -2.82. The molecule has 0 bridgehead atoms. The van der Waals surface area contributed by atoms with Crippen molar-refractivity contribution in [1.82, 2.24) is 20.4 Å². The first-order valence-corrected chi connectivity index (χ1v) is 10.5. The molecule has 1 aromatic rings. The fraction of sp³-hybridized carbons (Fsp3) is 0.524. The fourth-order valence-electron chi connectivity index (χ4n) is 3.99. The van der Waals surface area contributed by atoms with Crippen LogP contribution in [0.4, 0.5) is 0 Å². The molecule has 2 saturated heterocycles. The number of piperidine rings is 1. The van der Waals surface area contributed by atoms with Crippen LogP contribution in [0.25, 0.3) is 0 Å². The molecule has 10 nitrogen and oxygen atoms in total. The predicted octanol–water partition coefficient (Wildman–Crippen LogP) is -0.612. The number of hydrogen-bond acceptors (Lipinski definition) is 8. The van der Waals surface area contributed by atoms with Gasteiger partial charge in [-0.15, -0.1) is 0 Å². The Labute approximate surface area is 179 Å². The second-order valence-corrected chi connectivity index (χ2v) is 7.71. The second-order valence-electron chi connectivity index (χ2n) is 7.71. The van der Waals surface area contributed by atoms with E-state index < -0.39 is 29.7 Å². The average Bonchev–Trinajstić information content (AvgIpc) is 3.01. The molecule has 3 heterocycles. The maximum absolute atomic E-state index is 12.8. The van der Waals surface area contributed by atoms with Gasteiger partial charge < -0.3 is 14.8 Å². The molecule has 4 rings (SSSR count). The van der Waals surface area contributed by atoms with Gasteiger partial charge in [-0.25, -0.2) is 0 Å². The van der Waals surface area contributed by atoms with E-state index in [0.29, 0.717) is 25.6 Å². The second kappa shape index (κ2) is 9.54. The third-order valence-corrected chi connectivity index (χ3v) is 5.67. The average molecular weight is 430 g/mol. The zero-order valence-corrected chi connectivity index (χ0v) is 17.2. The van der Waals surface area contributed by atoms with E-state index in [1.165, 1.54) is 12.1 Å². The highest BCUT2D eigenvalue weighted by Crippen LogP contribution is 2.30. The van der Waals surface area contributed by atoms with Crippen molar-refractivity contribution in [2.24, 2.45) is 0 Å². The smallest absolute Gasteiger partial charge is 0.262 e. The summed E-state index contributed by atoms with van der Waals surface area (Å²) in [5, 5.41) is 5.49. The monoisotopic (exact) mass is 430 g/mol. The van der Waals surface area contributed by atoms with Gasteiger partial charge in [0.05, 0.1) is 24.3 Å². The van der Waals surface area contributed by atoms with Crippen molar-refractivity contribution in [1.29, 1.82) is 0 Å². The zero-order chi connectivity index (χ0) is 21.8. The molecular formula is C21H26N4O6. The van der Waals surface area contributed by atoms with Gasteiger partial charge in [-0.3, -0.25) is 34.3 Å². The topological polar surface area (TPSA) is 117 Å². The van der Waals surface area contributed by atoms with Gasteiger partial charge in [-0.1, -0.05) is 0 Å². The molecule has 2 N–H and O–H groups in total. The molecule has 0 aliphatic carbocycles. The number of carbonyl (C=O) groups is 4. The molecule has 10 heteroatoms. The van der Waals surface area contributed by atoms with Gasteiger partial charge in [-0.05, 0) is 24.6 Å². The summed E-state index contributed by atoms with van der Waals surface area (Å²) >= 11 is 0. The highest BCUT2D eigenvalue weighted by molar-refractivity contribution is 6.23. The molecule has 0 spiro atoms. The molecule has 0 radical (unpaired) electrons. The summed E-state index contributed by atoms with van der Waals surface area (Å²) in [7, 11) is 0. The number of ether oxygens (including phenoxy) is 2. The summed E-state index contributed by atoms with van der Waals surface area (Å²) in [5.74, 6) is -1.65. The Morgan fingerprint density at radius 1 is 0.968 bits per heavy atom. The SMILES string of the molecule is O=C1CCC(N2C(=O)c3ccc(OCCOCCN4CCNCC4)cc3C2=O)C(=O)N1. The van der Waals surface area contributed by atoms with Crippen LogP contribution in [0.2, 0.25) is 0 Å². The molecule has 0 saturated carbocycles. The number of hydrogen-bond donors (Lipinski definition) is 2. The summed E-state index contributed by atoms with van der Waals surface area (Å²) in [6.45, 7) is 6.30. The Balaban J connectivity index is 1.28. The van der Waals surface area contributed by atoms with Crippen LogP contribution < -0.4 is 15.4 Å². The van der Waals surface area contributed by atoms with Gasteiger partial charge in [0.2, 0.25) is 11.8 Å². The van der Waals surface area contributed by atoms with Gasteiger partial charge in [0, 0.05) is 39.1 Å². The summed E-state index contributed by atoms with van der Waals surface area (Å²) in [4.78, 5) is 52.2. The van der Waals surface area contributed by atoms with E-state index in [1.807, 2.05) is 0 Å². The van der Waals surface area contributed by atoms with Crippen LogP contribution in [0.15, 0.2) is 18.2 Å². The van der Waals surface area contributed by atoms with Crippen LogP contribution in [0.5, 0.6) is 5.75 Å². The van der Waals surface area contributed by atoms with E-state index in [1.54, 1.807) is 6.07 Å². The first-order valence-electron chi connectivity index (χ1n) is 10.5. The maximum Gasteiger partial charge on any atom is 0.262 e. The maximum atomic E-state index is 12.8. The molecule has 1 unspecified atom stereocenters. The van der Waals surface area contributed by atoms with Crippen LogP contribution in [0, 0.1) is 0 Å². The molecular weight excluding hydrogens is 404 g/mol. The quantitative estimate of drug-likeness (QED) is 0.414. The van der Waals surface area contributed by atoms with Crippen molar-refractivity contribution in [3.05, 3.63) is 29.3 Å². The third kappa shape index (κ3) is 4.76. The van der Waals surface area contributed by atoms with E-state index in [0.717, 1.165) is 37.6 Å². The first-order chi connectivity index (χ1) is 15.0. The van der Waals surface area contributed by atoms with E-state index in [2.05, 4.69) is 15.5 Å². The van der Waals surface area contributed by atoms with E-state index in [-0.39, 0.29) is 24.0 Å². The number of amides is 4. The van der Waals surface area contributed by atoms with Crippen LogP contribution in [-0.2, 0) is 14.3 Å². The molecule has 3 aliphatic heterocycles. The number of nitrogens with zero attached hydrogens (tertiary/aromatic N) is 2. The summed E-state index contributed by atoms with van der Waals surface area (Å²) in [6.07, 6.45) is 0.220. The Morgan fingerprint density at radius 3 is 2.52 bits per heavy atom. The lowest BCUT2D eigenvalue weighted by molar-refractivity contribution is -0.136. The molecule has 166 valence electrons. The van der Waals surface area contributed by atoms with Crippen molar-refractivity contribution in [3.63, 3.8) is 0 Å². The molecule has 3 aliphatic rings. The molecule has 0 aromatic heterocycles. The first kappa shape index (κ1) is 21.4. The number of imide groups is 2. The highest BCUT2D eigenvalue weighted by atomic mass is 16.5. The standard InChI is InChI=1S/C21H26N4O6/c26-18-4-3-17(19(27)23-18)25-20(28)15-2-1-14(13-16(15)21(25)29)31-12-11-30-10-9-24-7-5-22-6-8-24/h1-2,13,17,22H,3-12H2,(H,23,26,27). The highest BCUT2D eigenvalue weighted by Gasteiger charge is 2.44. The third-order valence-electron chi connectivity index (χ3n) is 5.67. The summed E-state index contributed by atoms with van der Waals surface area (Å²) < 4.78 is 11.3. The minimum absolute atomic E-state index is 0.0901. The number of nitrogens with one attached hydrogen (secondary N) is 2. The predicted molar refractivity (Wildman–Crippen MR) is 109 cm³/mol. The number of fused-ring (bicyclic) bond motifs is 1. The molecule has 31 heavy (non-hydrogen) atoms. The normalized spacial score (nSPS) is 21.9. The van der Waals surface area contributed by atoms with Crippen LogP contribution in [0.1, 0.15) is 33.6 Å². The van der Waals surface area contributed by atoms with Gasteiger partial charge >= 0.3 is 0 Å². The number of carbonyl (C=O) groups excluding carboxylic acids is 4. The van der Waals surface area contributed by atoms with E-state index >= 15 is 0 Å². The van der Waals surface area contributed by atoms with Crippen LogP contribution in [0.3, 0.4) is 0 Å². The fourth-order valence-corrected chi connectivity index (χ4v) is 3.99. The lowest BCUT2D eigenvalue weighted by Crippen LogP contribution is -2.54. The number of piperazine rings is 1. The minimum atomic E-state index is -0.974. The van der Waals surface area contributed by atoms with Crippen molar-refractivity contribution < 1.29 is 28.7 Å². The Kier molecular flexibility index (Phi) is 6.59. The van der Waals surface area contributed by atoms with Gasteiger partial charge in [0.25, 0.3) is 11.8 Å². The zero-order valence-electron chi connectivity index (χ0n) is 17.2. The molecule has 4 amide bonds. The lowest BCUT2D eigenvalue weighted by atomic mass is 10.0. The molecule has 1 atom stereocenters. The number of benzene rings is 1. The van der Waals surface area contributed by atoms with Gasteiger partial charge in [0.1, 0.15) is 18.4 Å². The van der Waals surface area contributed by atoms with Crippen molar-refractivity contribution in [3.8, 4) is 5.75 Å².